The molecule has 0 amide bonds. The molecule has 106 valence electrons. The van der Waals surface area contributed by atoms with Gasteiger partial charge in [-0.05, 0) is 46.8 Å². The Bertz CT molecular complexity index is 388. The van der Waals surface area contributed by atoms with Gasteiger partial charge in [-0.15, -0.1) is 0 Å². The van der Waals surface area contributed by atoms with Crippen LogP contribution in [-0.2, 0) is 0 Å². The van der Waals surface area contributed by atoms with Gasteiger partial charge < -0.3 is 0 Å². The topological polar surface area (TPSA) is 0 Å². The van der Waals surface area contributed by atoms with Crippen LogP contribution in [0.3, 0.4) is 0 Å². The Labute approximate surface area is 119 Å². The zero-order valence-corrected chi connectivity index (χ0v) is 13.4. The third kappa shape index (κ3) is 3.04. The predicted molar refractivity (Wildman–Crippen MR) is 85.0 cm³/mol. The fourth-order valence-electron chi connectivity index (χ4n) is 3.78. The highest BCUT2D eigenvalue weighted by Gasteiger charge is 2.28. The molecule has 0 heterocycles. The van der Waals surface area contributed by atoms with Gasteiger partial charge in [0.05, 0.1) is 0 Å². The summed E-state index contributed by atoms with van der Waals surface area (Å²) in [6.45, 7) is 11.8. The van der Waals surface area contributed by atoms with E-state index in [4.69, 9.17) is 0 Å². The second-order valence-electron chi connectivity index (χ2n) is 7.03. The van der Waals surface area contributed by atoms with Gasteiger partial charge in [0.25, 0.3) is 0 Å². The molecule has 0 spiro atoms. The van der Waals surface area contributed by atoms with Gasteiger partial charge in [-0.1, -0.05) is 72.1 Å². The molecule has 0 radical (unpaired) electrons. The normalized spacial score (nSPS) is 24.2. The Morgan fingerprint density at radius 3 is 1.89 bits per heavy atom. The van der Waals surface area contributed by atoms with Crippen molar-refractivity contribution in [3.05, 3.63) is 34.9 Å². The van der Waals surface area contributed by atoms with Crippen molar-refractivity contribution in [1.29, 1.82) is 0 Å². The number of hydrogen-bond acceptors (Lipinski definition) is 0. The first-order chi connectivity index (χ1) is 9.02. The van der Waals surface area contributed by atoms with E-state index in [2.05, 4.69) is 52.8 Å². The van der Waals surface area contributed by atoms with Crippen LogP contribution in [0.5, 0.6) is 0 Å². The highest BCUT2D eigenvalue weighted by molar-refractivity contribution is 5.42. The van der Waals surface area contributed by atoms with Crippen LogP contribution in [0.1, 0.15) is 94.7 Å². The number of benzene rings is 1. The van der Waals surface area contributed by atoms with Gasteiger partial charge >= 0.3 is 0 Å². The Morgan fingerprint density at radius 1 is 0.895 bits per heavy atom. The van der Waals surface area contributed by atoms with Gasteiger partial charge in [-0.25, -0.2) is 0 Å². The van der Waals surface area contributed by atoms with E-state index in [1.54, 1.807) is 16.7 Å². The Kier molecular flexibility index (Phi) is 4.71. The summed E-state index contributed by atoms with van der Waals surface area (Å²) in [5.74, 6) is 2.93. The minimum Gasteiger partial charge on any atom is -0.0619 e. The van der Waals surface area contributed by atoms with Gasteiger partial charge in [0, 0.05) is 0 Å². The molecule has 0 saturated heterocycles. The summed E-state index contributed by atoms with van der Waals surface area (Å²) in [5.41, 5.74) is 4.91. The highest BCUT2D eigenvalue weighted by atomic mass is 14.3. The zero-order chi connectivity index (χ0) is 14.0. The standard InChI is InChI=1S/C19H30/c1-13(2)16-11-8-12-17(14(3)4)19(16)18-10-7-6-9-15(18)5/h8,11-15,18H,6-7,9-10H2,1-5H3. The zero-order valence-electron chi connectivity index (χ0n) is 13.4. The lowest BCUT2D eigenvalue weighted by Gasteiger charge is -2.34. The van der Waals surface area contributed by atoms with E-state index in [9.17, 15) is 0 Å². The van der Waals surface area contributed by atoms with E-state index < -0.39 is 0 Å². The van der Waals surface area contributed by atoms with Gasteiger partial charge in [-0.3, -0.25) is 0 Å². The van der Waals surface area contributed by atoms with Gasteiger partial charge in [-0.2, -0.15) is 0 Å². The van der Waals surface area contributed by atoms with Crippen molar-refractivity contribution in [3.63, 3.8) is 0 Å². The molecule has 1 aromatic carbocycles. The number of hydrogen-bond donors (Lipinski definition) is 0. The van der Waals surface area contributed by atoms with E-state index in [0.717, 1.165) is 11.8 Å². The molecule has 0 heteroatoms. The summed E-state index contributed by atoms with van der Waals surface area (Å²) in [5, 5.41) is 0. The molecule has 1 aliphatic carbocycles. The molecule has 1 aromatic rings. The molecule has 2 atom stereocenters. The van der Waals surface area contributed by atoms with Crippen LogP contribution in [0, 0.1) is 5.92 Å². The quantitative estimate of drug-likeness (QED) is 0.603. The van der Waals surface area contributed by atoms with Crippen LogP contribution >= 0.6 is 0 Å². The Hall–Kier alpha value is -0.780. The lowest BCUT2D eigenvalue weighted by molar-refractivity contribution is 0.327. The summed E-state index contributed by atoms with van der Waals surface area (Å²) in [7, 11) is 0. The van der Waals surface area contributed by atoms with Crippen LogP contribution in [-0.4, -0.2) is 0 Å². The van der Waals surface area contributed by atoms with Gasteiger partial charge in [0.15, 0.2) is 0 Å². The van der Waals surface area contributed by atoms with Crippen molar-refractivity contribution in [2.24, 2.45) is 5.92 Å². The summed E-state index contributed by atoms with van der Waals surface area (Å²) in [4.78, 5) is 0. The Morgan fingerprint density at radius 2 is 1.42 bits per heavy atom. The molecule has 2 unspecified atom stereocenters. The summed E-state index contributed by atoms with van der Waals surface area (Å²) >= 11 is 0. The molecule has 1 saturated carbocycles. The van der Waals surface area contributed by atoms with Crippen LogP contribution < -0.4 is 0 Å². The maximum absolute atomic E-state index is 2.46. The molecule has 0 aromatic heterocycles. The lowest BCUT2D eigenvalue weighted by Crippen LogP contribution is -2.19. The third-order valence-electron chi connectivity index (χ3n) is 4.90. The molecule has 0 aliphatic heterocycles. The average molecular weight is 258 g/mol. The summed E-state index contributed by atoms with van der Waals surface area (Å²) < 4.78 is 0. The molecule has 19 heavy (non-hydrogen) atoms. The molecule has 0 nitrogen and oxygen atoms in total. The van der Waals surface area contributed by atoms with E-state index in [1.807, 2.05) is 0 Å². The van der Waals surface area contributed by atoms with Crippen LogP contribution in [0.2, 0.25) is 0 Å². The summed E-state index contributed by atoms with van der Waals surface area (Å²) in [6.07, 6.45) is 5.65. The molecule has 2 rings (SSSR count). The van der Waals surface area contributed by atoms with Crippen LogP contribution in [0.4, 0.5) is 0 Å². The summed E-state index contributed by atoms with van der Waals surface area (Å²) in [6, 6.07) is 7.00. The Balaban J connectivity index is 2.50. The van der Waals surface area contributed by atoms with E-state index in [0.29, 0.717) is 11.8 Å². The molecule has 1 fully saturated rings. The SMILES string of the molecule is CC(C)c1cccc(C(C)C)c1C1CCCCC1C. The molecule has 1 aliphatic rings. The van der Waals surface area contributed by atoms with Gasteiger partial charge in [0.1, 0.15) is 0 Å². The first-order valence-electron chi connectivity index (χ1n) is 8.15. The molecular weight excluding hydrogens is 228 g/mol. The van der Waals surface area contributed by atoms with Crippen molar-refractivity contribution < 1.29 is 0 Å². The third-order valence-corrected chi connectivity index (χ3v) is 4.90. The van der Waals surface area contributed by atoms with Crippen molar-refractivity contribution in [3.8, 4) is 0 Å². The fourth-order valence-corrected chi connectivity index (χ4v) is 3.78. The first-order valence-corrected chi connectivity index (χ1v) is 8.15. The maximum Gasteiger partial charge on any atom is -0.0131 e. The van der Waals surface area contributed by atoms with Crippen molar-refractivity contribution in [2.45, 2.75) is 78.1 Å². The minimum absolute atomic E-state index is 0.642. The highest BCUT2D eigenvalue weighted by Crippen LogP contribution is 2.43. The minimum atomic E-state index is 0.642. The van der Waals surface area contributed by atoms with Crippen molar-refractivity contribution in [1.82, 2.24) is 0 Å². The second-order valence-corrected chi connectivity index (χ2v) is 7.03. The van der Waals surface area contributed by atoms with Crippen molar-refractivity contribution in [2.75, 3.05) is 0 Å². The second kappa shape index (κ2) is 6.11. The number of rotatable bonds is 3. The van der Waals surface area contributed by atoms with E-state index >= 15 is 0 Å². The molecule has 0 N–H and O–H groups in total. The van der Waals surface area contributed by atoms with Crippen LogP contribution in [0.25, 0.3) is 0 Å². The smallest absolute Gasteiger partial charge is 0.0131 e. The van der Waals surface area contributed by atoms with Crippen molar-refractivity contribution >= 4 is 0 Å². The van der Waals surface area contributed by atoms with Gasteiger partial charge in [0.2, 0.25) is 0 Å². The average Bonchev–Trinajstić information content (AvgIpc) is 2.38. The van der Waals surface area contributed by atoms with E-state index in [1.165, 1.54) is 25.7 Å². The predicted octanol–water partition coefficient (Wildman–Crippen LogP) is 6.23. The van der Waals surface area contributed by atoms with E-state index in [-0.39, 0.29) is 0 Å². The molecular formula is C19H30. The lowest BCUT2D eigenvalue weighted by atomic mass is 9.71. The first kappa shape index (κ1) is 14.6. The fraction of sp³-hybridized carbons (Fsp3) is 0.684. The van der Waals surface area contributed by atoms with Crippen LogP contribution in [0.15, 0.2) is 18.2 Å². The largest absolute Gasteiger partial charge is 0.0619 e. The monoisotopic (exact) mass is 258 g/mol. The maximum atomic E-state index is 2.46. The molecule has 0 bridgehead atoms.